The summed E-state index contributed by atoms with van der Waals surface area (Å²) >= 11 is 0. The van der Waals surface area contributed by atoms with Gasteiger partial charge in [-0.15, -0.1) is 0 Å². The van der Waals surface area contributed by atoms with Gasteiger partial charge in [-0.05, 0) is 86.0 Å². The Labute approximate surface area is 197 Å². The molecule has 1 aromatic heterocycles. The number of aliphatic hydroxyl groups is 2. The molecule has 1 amide bonds. The highest BCUT2D eigenvalue weighted by atomic mass is 16.5. The number of fused-ring (bicyclic) bond motifs is 1. The number of ether oxygens (including phenoxy) is 1. The number of carbonyl (C=O) groups is 1. The summed E-state index contributed by atoms with van der Waals surface area (Å²) < 4.78 is 5.58. The highest BCUT2D eigenvalue weighted by Crippen LogP contribution is 2.31. The summed E-state index contributed by atoms with van der Waals surface area (Å²) in [6.07, 6.45) is -0.925. The first-order chi connectivity index (χ1) is 16.2. The number of benzene rings is 3. The van der Waals surface area contributed by atoms with Crippen molar-refractivity contribution in [2.75, 3.05) is 24.3 Å². The van der Waals surface area contributed by atoms with Crippen molar-refractivity contribution in [2.24, 2.45) is 0 Å². The standard InChI is InChI=1S/C26H28N4O4/c1-14-8-18(5-6-21(14)27)28-26(33)17-4-7-22-23(11-17)30-25(29-22)24-15(2)9-20(10-16(24)3)34-13-19(32)12-31/h4-11,19,31-32H,12-13,27H2,1-3H3,(H,28,33)(H,29,30)/t19-/m1/s1. The number of hydrogen-bond acceptors (Lipinski definition) is 6. The number of aryl methyl sites for hydroxylation is 3. The molecule has 0 saturated heterocycles. The number of aromatic amines is 1. The predicted octanol–water partition coefficient (Wildman–Crippen LogP) is 3.72. The molecular formula is C26H28N4O4. The average Bonchev–Trinajstić information content (AvgIpc) is 3.22. The van der Waals surface area contributed by atoms with E-state index in [2.05, 4.69) is 10.3 Å². The van der Waals surface area contributed by atoms with Gasteiger partial charge in [-0.1, -0.05) is 0 Å². The van der Waals surface area contributed by atoms with Crippen LogP contribution in [0.25, 0.3) is 22.4 Å². The zero-order valence-electron chi connectivity index (χ0n) is 19.3. The summed E-state index contributed by atoms with van der Waals surface area (Å²) in [5.74, 6) is 1.08. The van der Waals surface area contributed by atoms with E-state index in [0.29, 0.717) is 28.5 Å². The van der Waals surface area contributed by atoms with Crippen LogP contribution in [-0.2, 0) is 0 Å². The van der Waals surface area contributed by atoms with Crippen LogP contribution in [0.1, 0.15) is 27.0 Å². The molecule has 0 aliphatic carbocycles. The Bertz CT molecular complexity index is 1340. The van der Waals surface area contributed by atoms with E-state index in [0.717, 1.165) is 33.3 Å². The van der Waals surface area contributed by atoms with E-state index < -0.39 is 6.10 Å². The Morgan fingerprint density at radius 1 is 1.09 bits per heavy atom. The third kappa shape index (κ3) is 4.88. The molecular weight excluding hydrogens is 432 g/mol. The molecule has 4 aromatic rings. The number of aromatic nitrogens is 2. The number of carbonyl (C=O) groups excluding carboxylic acids is 1. The van der Waals surface area contributed by atoms with Gasteiger partial charge < -0.3 is 31.0 Å². The van der Waals surface area contributed by atoms with Crippen molar-refractivity contribution in [1.29, 1.82) is 0 Å². The molecule has 0 unspecified atom stereocenters. The predicted molar refractivity (Wildman–Crippen MR) is 133 cm³/mol. The number of rotatable bonds is 7. The summed E-state index contributed by atoms with van der Waals surface area (Å²) in [4.78, 5) is 20.8. The van der Waals surface area contributed by atoms with E-state index in [-0.39, 0.29) is 19.1 Å². The molecule has 0 fully saturated rings. The second-order valence-corrected chi connectivity index (χ2v) is 8.42. The first kappa shape index (κ1) is 23.3. The number of nitrogen functional groups attached to an aromatic ring is 1. The molecule has 0 aliphatic rings. The monoisotopic (exact) mass is 460 g/mol. The van der Waals surface area contributed by atoms with Crippen molar-refractivity contribution < 1.29 is 19.7 Å². The topological polar surface area (TPSA) is 133 Å². The van der Waals surface area contributed by atoms with E-state index >= 15 is 0 Å². The molecule has 0 spiro atoms. The normalized spacial score (nSPS) is 12.0. The van der Waals surface area contributed by atoms with Crippen molar-refractivity contribution >= 4 is 28.3 Å². The number of nitrogens with two attached hydrogens (primary N) is 1. The summed E-state index contributed by atoms with van der Waals surface area (Å²) in [5.41, 5.74) is 13.0. The Kier molecular flexibility index (Phi) is 6.54. The molecule has 0 bridgehead atoms. The fourth-order valence-corrected chi connectivity index (χ4v) is 3.85. The number of nitrogens with one attached hydrogen (secondary N) is 2. The number of imidazole rings is 1. The minimum absolute atomic E-state index is 0.0140. The van der Waals surface area contributed by atoms with Gasteiger partial charge in [0.15, 0.2) is 0 Å². The fraction of sp³-hybridized carbons (Fsp3) is 0.231. The van der Waals surface area contributed by atoms with Crippen LogP contribution in [0, 0.1) is 20.8 Å². The molecule has 1 atom stereocenters. The van der Waals surface area contributed by atoms with E-state index in [1.165, 1.54) is 0 Å². The maximum Gasteiger partial charge on any atom is 0.255 e. The fourth-order valence-electron chi connectivity index (χ4n) is 3.85. The molecule has 0 saturated carbocycles. The van der Waals surface area contributed by atoms with Crippen LogP contribution in [0.5, 0.6) is 5.75 Å². The van der Waals surface area contributed by atoms with Crippen LogP contribution < -0.4 is 15.8 Å². The summed E-state index contributed by atoms with van der Waals surface area (Å²) in [6, 6.07) is 14.5. The first-order valence-electron chi connectivity index (χ1n) is 11.0. The lowest BCUT2D eigenvalue weighted by molar-refractivity contribution is 0.0536. The molecule has 0 radical (unpaired) electrons. The number of nitrogens with zero attached hydrogens (tertiary/aromatic N) is 1. The zero-order chi connectivity index (χ0) is 24.4. The Morgan fingerprint density at radius 2 is 1.82 bits per heavy atom. The van der Waals surface area contributed by atoms with Gasteiger partial charge in [0.1, 0.15) is 24.3 Å². The van der Waals surface area contributed by atoms with Gasteiger partial charge in [0.25, 0.3) is 5.91 Å². The molecule has 1 heterocycles. The number of aliphatic hydroxyl groups excluding tert-OH is 2. The van der Waals surface area contributed by atoms with Gasteiger partial charge >= 0.3 is 0 Å². The smallest absolute Gasteiger partial charge is 0.255 e. The first-order valence-corrected chi connectivity index (χ1v) is 11.0. The Hall–Kier alpha value is -3.88. The third-order valence-electron chi connectivity index (χ3n) is 5.67. The second kappa shape index (κ2) is 9.54. The summed E-state index contributed by atoms with van der Waals surface area (Å²) in [7, 11) is 0. The quantitative estimate of drug-likeness (QED) is 0.267. The summed E-state index contributed by atoms with van der Waals surface area (Å²) in [5, 5.41) is 21.4. The van der Waals surface area contributed by atoms with Gasteiger partial charge in [0, 0.05) is 22.5 Å². The zero-order valence-corrected chi connectivity index (χ0v) is 19.3. The minimum atomic E-state index is -0.925. The van der Waals surface area contributed by atoms with Crippen molar-refractivity contribution in [3.63, 3.8) is 0 Å². The van der Waals surface area contributed by atoms with E-state index in [1.807, 2.05) is 45.0 Å². The van der Waals surface area contributed by atoms with Crippen LogP contribution >= 0.6 is 0 Å². The van der Waals surface area contributed by atoms with Crippen molar-refractivity contribution in [3.05, 3.63) is 70.8 Å². The highest BCUT2D eigenvalue weighted by Gasteiger charge is 2.15. The Balaban J connectivity index is 1.58. The molecule has 0 aliphatic heterocycles. The Morgan fingerprint density at radius 3 is 2.50 bits per heavy atom. The third-order valence-corrected chi connectivity index (χ3v) is 5.67. The van der Waals surface area contributed by atoms with Gasteiger partial charge in [-0.2, -0.15) is 0 Å². The van der Waals surface area contributed by atoms with Crippen LogP contribution in [0.4, 0.5) is 11.4 Å². The lowest BCUT2D eigenvalue weighted by Gasteiger charge is -2.14. The summed E-state index contributed by atoms with van der Waals surface area (Å²) in [6.45, 7) is 5.47. The number of amides is 1. The minimum Gasteiger partial charge on any atom is -0.491 e. The van der Waals surface area contributed by atoms with E-state index in [9.17, 15) is 9.90 Å². The van der Waals surface area contributed by atoms with Gasteiger partial charge in [-0.3, -0.25) is 4.79 Å². The molecule has 34 heavy (non-hydrogen) atoms. The van der Waals surface area contributed by atoms with Gasteiger partial charge in [0.2, 0.25) is 0 Å². The highest BCUT2D eigenvalue weighted by molar-refractivity contribution is 6.06. The van der Waals surface area contributed by atoms with Crippen LogP contribution in [-0.4, -0.2) is 45.4 Å². The maximum atomic E-state index is 12.8. The number of H-pyrrole nitrogens is 1. The lowest BCUT2D eigenvalue weighted by Crippen LogP contribution is -2.21. The van der Waals surface area contributed by atoms with Crippen LogP contribution in [0.3, 0.4) is 0 Å². The SMILES string of the molecule is Cc1cc(NC(=O)c2ccc3nc(-c4c(C)cc(OC[C@H](O)CO)cc4C)[nH]c3c2)ccc1N. The van der Waals surface area contributed by atoms with E-state index in [4.69, 9.17) is 20.6 Å². The van der Waals surface area contributed by atoms with Gasteiger partial charge in [0.05, 0.1) is 17.6 Å². The van der Waals surface area contributed by atoms with Crippen molar-refractivity contribution in [2.45, 2.75) is 26.9 Å². The second-order valence-electron chi connectivity index (χ2n) is 8.42. The number of anilines is 2. The largest absolute Gasteiger partial charge is 0.491 e. The molecule has 176 valence electrons. The van der Waals surface area contributed by atoms with Crippen LogP contribution in [0.15, 0.2) is 48.5 Å². The molecule has 8 nitrogen and oxygen atoms in total. The molecule has 8 heteroatoms. The van der Waals surface area contributed by atoms with Crippen molar-refractivity contribution in [1.82, 2.24) is 9.97 Å². The molecule has 6 N–H and O–H groups in total. The van der Waals surface area contributed by atoms with Crippen LogP contribution in [0.2, 0.25) is 0 Å². The van der Waals surface area contributed by atoms with E-state index in [1.54, 1.807) is 24.3 Å². The molecule has 3 aromatic carbocycles. The van der Waals surface area contributed by atoms with Crippen molar-refractivity contribution in [3.8, 4) is 17.1 Å². The number of hydrogen-bond donors (Lipinski definition) is 5. The lowest BCUT2D eigenvalue weighted by atomic mass is 10.0. The molecule has 4 rings (SSSR count). The van der Waals surface area contributed by atoms with Gasteiger partial charge in [-0.25, -0.2) is 4.98 Å². The average molecular weight is 461 g/mol. The maximum absolute atomic E-state index is 12.8.